The Morgan fingerprint density at radius 2 is 2.35 bits per heavy atom. The fourth-order valence-corrected chi connectivity index (χ4v) is 2.24. The highest BCUT2D eigenvalue weighted by atomic mass is 35.5. The standard InChI is InChI=1S/C13H22N4O2.ClH/c1-9(8-18)3-2-5-15-13(19)12-10-7-14-6-4-11(10)16-17-12;/h9,14,18H,2-8H2,1H3,(H,15,19)(H,16,17);1H. The first-order valence-electron chi connectivity index (χ1n) is 6.88. The lowest BCUT2D eigenvalue weighted by Gasteiger charge is -2.13. The zero-order chi connectivity index (χ0) is 13.7. The van der Waals surface area contributed by atoms with Crippen LogP contribution in [0.2, 0.25) is 0 Å². The molecule has 4 N–H and O–H groups in total. The second-order valence-corrected chi connectivity index (χ2v) is 5.14. The molecule has 1 atom stereocenters. The van der Waals surface area contributed by atoms with Crippen molar-refractivity contribution in [3.05, 3.63) is 17.0 Å². The van der Waals surface area contributed by atoms with Crippen molar-refractivity contribution in [1.29, 1.82) is 0 Å². The van der Waals surface area contributed by atoms with Gasteiger partial charge >= 0.3 is 0 Å². The lowest BCUT2D eigenvalue weighted by atomic mass is 10.1. The second kappa shape index (κ2) is 8.24. The number of rotatable bonds is 6. The molecule has 7 heteroatoms. The molecular weight excluding hydrogens is 280 g/mol. The highest BCUT2D eigenvalue weighted by Crippen LogP contribution is 2.15. The Balaban J connectivity index is 0.00000200. The minimum absolute atomic E-state index is 0. The summed E-state index contributed by atoms with van der Waals surface area (Å²) in [5.74, 6) is 0.178. The number of aromatic amines is 1. The molecule has 0 saturated carbocycles. The van der Waals surface area contributed by atoms with Crippen LogP contribution in [0.5, 0.6) is 0 Å². The zero-order valence-electron chi connectivity index (χ0n) is 11.7. The maximum Gasteiger partial charge on any atom is 0.272 e. The van der Waals surface area contributed by atoms with E-state index in [1.165, 1.54) is 0 Å². The number of fused-ring (bicyclic) bond motifs is 1. The van der Waals surface area contributed by atoms with Crippen LogP contribution < -0.4 is 10.6 Å². The number of aliphatic hydroxyl groups excluding tert-OH is 1. The smallest absolute Gasteiger partial charge is 0.272 e. The Hall–Kier alpha value is -1.11. The van der Waals surface area contributed by atoms with E-state index in [9.17, 15) is 4.79 Å². The number of nitrogens with zero attached hydrogens (tertiary/aromatic N) is 1. The molecule has 0 aliphatic carbocycles. The van der Waals surface area contributed by atoms with Crippen LogP contribution in [0.1, 0.15) is 41.5 Å². The van der Waals surface area contributed by atoms with Crippen LogP contribution in [0.25, 0.3) is 0 Å². The summed E-state index contributed by atoms with van der Waals surface area (Å²) in [6.45, 7) is 4.45. The van der Waals surface area contributed by atoms with Crippen LogP contribution in [-0.4, -0.2) is 40.9 Å². The van der Waals surface area contributed by atoms with Gasteiger partial charge in [-0.1, -0.05) is 6.92 Å². The fraction of sp³-hybridized carbons (Fsp3) is 0.692. The number of aromatic nitrogens is 2. The van der Waals surface area contributed by atoms with Gasteiger partial charge in [-0.3, -0.25) is 9.89 Å². The van der Waals surface area contributed by atoms with Gasteiger partial charge in [0.2, 0.25) is 0 Å². The third-order valence-corrected chi connectivity index (χ3v) is 3.49. The van der Waals surface area contributed by atoms with Crippen LogP contribution in [0.4, 0.5) is 0 Å². The molecule has 1 amide bonds. The third-order valence-electron chi connectivity index (χ3n) is 3.49. The van der Waals surface area contributed by atoms with Gasteiger partial charge in [-0.05, 0) is 18.8 Å². The van der Waals surface area contributed by atoms with E-state index < -0.39 is 0 Å². The fourth-order valence-electron chi connectivity index (χ4n) is 2.24. The molecule has 6 nitrogen and oxygen atoms in total. The average molecular weight is 303 g/mol. The van der Waals surface area contributed by atoms with Gasteiger partial charge in [0.25, 0.3) is 5.91 Å². The third kappa shape index (κ3) is 4.19. The van der Waals surface area contributed by atoms with E-state index in [0.29, 0.717) is 24.7 Å². The summed E-state index contributed by atoms with van der Waals surface area (Å²) in [6, 6.07) is 0. The summed E-state index contributed by atoms with van der Waals surface area (Å²) in [5.41, 5.74) is 2.57. The molecule has 1 aliphatic heterocycles. The van der Waals surface area contributed by atoms with Crippen LogP contribution in [0.15, 0.2) is 0 Å². The largest absolute Gasteiger partial charge is 0.396 e. The van der Waals surface area contributed by atoms with E-state index in [2.05, 4.69) is 20.8 Å². The Labute approximate surface area is 125 Å². The number of aliphatic hydroxyl groups is 1. The topological polar surface area (TPSA) is 90.0 Å². The first kappa shape index (κ1) is 16.9. The van der Waals surface area contributed by atoms with Crippen LogP contribution >= 0.6 is 12.4 Å². The summed E-state index contributed by atoms with van der Waals surface area (Å²) in [4.78, 5) is 12.0. The Bertz CT molecular complexity index is 436. The van der Waals surface area contributed by atoms with Gasteiger partial charge in [0.15, 0.2) is 5.69 Å². The Kier molecular flexibility index (Phi) is 6.98. The minimum atomic E-state index is -0.113. The summed E-state index contributed by atoms with van der Waals surface area (Å²) in [7, 11) is 0. The predicted octanol–water partition coefficient (Wildman–Crippen LogP) is 0.616. The number of halogens is 1. The maximum atomic E-state index is 12.0. The minimum Gasteiger partial charge on any atom is -0.396 e. The summed E-state index contributed by atoms with van der Waals surface area (Å²) in [5, 5.41) is 22.1. The first-order valence-corrected chi connectivity index (χ1v) is 6.88. The van der Waals surface area contributed by atoms with Crippen molar-refractivity contribution in [1.82, 2.24) is 20.8 Å². The molecule has 1 unspecified atom stereocenters. The molecule has 0 saturated heterocycles. The van der Waals surface area contributed by atoms with E-state index >= 15 is 0 Å². The van der Waals surface area contributed by atoms with E-state index in [-0.39, 0.29) is 24.9 Å². The molecule has 2 rings (SSSR count). The highest BCUT2D eigenvalue weighted by molar-refractivity contribution is 5.94. The van der Waals surface area contributed by atoms with Crippen molar-refractivity contribution in [3.63, 3.8) is 0 Å². The summed E-state index contributed by atoms with van der Waals surface area (Å²) >= 11 is 0. The normalized spacial score (nSPS) is 15.1. The lowest BCUT2D eigenvalue weighted by Crippen LogP contribution is -2.29. The predicted molar refractivity (Wildman–Crippen MR) is 79.1 cm³/mol. The van der Waals surface area contributed by atoms with Gasteiger partial charge in [0.05, 0.1) is 0 Å². The van der Waals surface area contributed by atoms with Crippen molar-refractivity contribution < 1.29 is 9.90 Å². The number of hydrogen-bond acceptors (Lipinski definition) is 4. The van der Waals surface area contributed by atoms with Gasteiger partial charge in [0, 0.05) is 43.9 Å². The van der Waals surface area contributed by atoms with Crippen molar-refractivity contribution in [2.45, 2.75) is 32.7 Å². The molecule has 0 bridgehead atoms. The van der Waals surface area contributed by atoms with Crippen LogP contribution in [0.3, 0.4) is 0 Å². The molecular formula is C13H23ClN4O2. The molecule has 1 aromatic heterocycles. The number of amides is 1. The molecule has 2 heterocycles. The lowest BCUT2D eigenvalue weighted by molar-refractivity contribution is 0.0946. The van der Waals surface area contributed by atoms with Crippen molar-refractivity contribution >= 4 is 18.3 Å². The maximum absolute atomic E-state index is 12.0. The van der Waals surface area contributed by atoms with Crippen molar-refractivity contribution in [2.24, 2.45) is 5.92 Å². The molecule has 1 aromatic rings. The van der Waals surface area contributed by atoms with Crippen LogP contribution in [-0.2, 0) is 13.0 Å². The molecule has 1 aliphatic rings. The Morgan fingerprint density at radius 1 is 1.55 bits per heavy atom. The monoisotopic (exact) mass is 302 g/mol. The van der Waals surface area contributed by atoms with E-state index in [4.69, 9.17) is 5.11 Å². The van der Waals surface area contributed by atoms with Gasteiger partial charge in [0.1, 0.15) is 0 Å². The number of H-pyrrole nitrogens is 1. The first-order chi connectivity index (χ1) is 9.22. The number of carbonyl (C=O) groups excluding carboxylic acids is 1. The van der Waals surface area contributed by atoms with Gasteiger partial charge in [-0.25, -0.2) is 0 Å². The molecule has 0 aromatic carbocycles. The van der Waals surface area contributed by atoms with E-state index in [1.807, 2.05) is 6.92 Å². The highest BCUT2D eigenvalue weighted by Gasteiger charge is 2.20. The van der Waals surface area contributed by atoms with Crippen molar-refractivity contribution in [3.8, 4) is 0 Å². The van der Waals surface area contributed by atoms with E-state index in [1.54, 1.807) is 0 Å². The van der Waals surface area contributed by atoms with Crippen molar-refractivity contribution in [2.75, 3.05) is 19.7 Å². The molecule has 20 heavy (non-hydrogen) atoms. The molecule has 0 fully saturated rings. The van der Waals surface area contributed by atoms with Crippen LogP contribution in [0, 0.1) is 5.92 Å². The van der Waals surface area contributed by atoms with E-state index in [0.717, 1.165) is 37.1 Å². The second-order valence-electron chi connectivity index (χ2n) is 5.14. The van der Waals surface area contributed by atoms with Gasteiger partial charge in [-0.2, -0.15) is 5.10 Å². The average Bonchev–Trinajstić information content (AvgIpc) is 2.87. The zero-order valence-corrected chi connectivity index (χ0v) is 12.6. The number of nitrogens with one attached hydrogen (secondary N) is 3. The SMILES string of the molecule is CC(CO)CCCNC(=O)c1n[nH]c2c1CNCC2.Cl. The Morgan fingerprint density at radius 3 is 3.10 bits per heavy atom. The summed E-state index contributed by atoms with van der Waals surface area (Å²) in [6.07, 6.45) is 2.68. The molecule has 114 valence electrons. The summed E-state index contributed by atoms with van der Waals surface area (Å²) < 4.78 is 0. The van der Waals surface area contributed by atoms with Gasteiger partial charge < -0.3 is 15.7 Å². The molecule has 0 spiro atoms. The quantitative estimate of drug-likeness (QED) is 0.580. The van der Waals surface area contributed by atoms with Gasteiger partial charge in [-0.15, -0.1) is 12.4 Å². The number of carbonyl (C=O) groups is 1. The number of hydrogen-bond donors (Lipinski definition) is 4. The molecule has 0 radical (unpaired) electrons.